The van der Waals surface area contributed by atoms with E-state index in [0.29, 0.717) is 17.1 Å². The fourth-order valence-electron chi connectivity index (χ4n) is 3.56. The molecule has 7 nitrogen and oxygen atoms in total. The Labute approximate surface area is 165 Å². The van der Waals surface area contributed by atoms with Crippen LogP contribution in [0.25, 0.3) is 0 Å². The lowest BCUT2D eigenvalue weighted by Crippen LogP contribution is -2.48. The number of amides is 2. The fraction of sp³-hybridized carbons (Fsp3) is 0.429. The van der Waals surface area contributed by atoms with E-state index in [-0.39, 0.29) is 17.6 Å². The lowest BCUT2D eigenvalue weighted by atomic mass is 9.81. The zero-order chi connectivity index (χ0) is 20.1. The van der Waals surface area contributed by atoms with E-state index in [1.54, 1.807) is 30.3 Å². The van der Waals surface area contributed by atoms with Gasteiger partial charge in [-0.2, -0.15) is 0 Å². The van der Waals surface area contributed by atoms with Crippen LogP contribution < -0.4 is 15.4 Å². The van der Waals surface area contributed by atoms with Crippen LogP contribution >= 0.6 is 0 Å². The average Bonchev–Trinajstić information content (AvgIpc) is 3.23. The number of furan rings is 1. The second-order valence-corrected chi connectivity index (χ2v) is 7.33. The number of piperidine rings is 1. The van der Waals surface area contributed by atoms with Crippen LogP contribution in [0.5, 0.6) is 5.75 Å². The highest BCUT2D eigenvalue weighted by Crippen LogP contribution is 2.33. The SMILES string of the molecule is CCN1CCCC(C)(C(=O)Nc2ccc(OC)c(NC(=O)c3ccco3)c2)C1. The van der Waals surface area contributed by atoms with Gasteiger partial charge in [-0.25, -0.2) is 0 Å². The summed E-state index contributed by atoms with van der Waals surface area (Å²) in [5.41, 5.74) is 0.632. The highest BCUT2D eigenvalue weighted by atomic mass is 16.5. The van der Waals surface area contributed by atoms with Crippen molar-refractivity contribution in [2.75, 3.05) is 37.4 Å². The molecule has 1 fully saturated rings. The number of rotatable bonds is 6. The molecule has 2 amide bonds. The number of hydrogen-bond acceptors (Lipinski definition) is 5. The molecule has 2 heterocycles. The predicted octanol–water partition coefficient (Wildman–Crippen LogP) is 3.60. The summed E-state index contributed by atoms with van der Waals surface area (Å²) < 4.78 is 10.4. The maximum absolute atomic E-state index is 13.0. The van der Waals surface area contributed by atoms with Crippen LogP contribution in [0, 0.1) is 5.41 Å². The van der Waals surface area contributed by atoms with E-state index in [2.05, 4.69) is 22.5 Å². The molecule has 0 aliphatic carbocycles. The first-order valence-corrected chi connectivity index (χ1v) is 9.52. The van der Waals surface area contributed by atoms with Crippen molar-refractivity contribution in [2.45, 2.75) is 26.7 Å². The molecule has 1 aromatic heterocycles. The predicted molar refractivity (Wildman–Crippen MR) is 108 cm³/mol. The number of carbonyl (C=O) groups excluding carboxylic acids is 2. The molecular weight excluding hydrogens is 358 g/mol. The van der Waals surface area contributed by atoms with E-state index in [9.17, 15) is 9.59 Å². The van der Waals surface area contributed by atoms with Crippen LogP contribution in [0.1, 0.15) is 37.2 Å². The zero-order valence-electron chi connectivity index (χ0n) is 16.6. The second-order valence-electron chi connectivity index (χ2n) is 7.33. The Hall–Kier alpha value is -2.80. The molecule has 1 unspecified atom stereocenters. The van der Waals surface area contributed by atoms with E-state index < -0.39 is 5.41 Å². The maximum Gasteiger partial charge on any atom is 0.291 e. The summed E-state index contributed by atoms with van der Waals surface area (Å²) in [5, 5.41) is 5.77. The largest absolute Gasteiger partial charge is 0.495 e. The third kappa shape index (κ3) is 4.36. The normalized spacial score (nSPS) is 19.8. The minimum Gasteiger partial charge on any atom is -0.495 e. The smallest absolute Gasteiger partial charge is 0.291 e. The number of benzene rings is 1. The molecule has 2 N–H and O–H groups in total. The average molecular weight is 385 g/mol. The Morgan fingerprint density at radius 3 is 2.79 bits per heavy atom. The number of nitrogens with one attached hydrogen (secondary N) is 2. The molecule has 2 aromatic rings. The summed E-state index contributed by atoms with van der Waals surface area (Å²) >= 11 is 0. The highest BCUT2D eigenvalue weighted by Gasteiger charge is 2.37. The summed E-state index contributed by atoms with van der Waals surface area (Å²) in [7, 11) is 1.53. The van der Waals surface area contributed by atoms with Crippen molar-refractivity contribution >= 4 is 23.2 Å². The third-order valence-corrected chi connectivity index (χ3v) is 5.22. The van der Waals surface area contributed by atoms with E-state index in [4.69, 9.17) is 9.15 Å². The van der Waals surface area contributed by atoms with E-state index in [0.717, 1.165) is 32.5 Å². The first-order valence-electron chi connectivity index (χ1n) is 9.52. The van der Waals surface area contributed by atoms with Crippen LogP contribution in [-0.2, 0) is 4.79 Å². The zero-order valence-corrected chi connectivity index (χ0v) is 16.6. The van der Waals surface area contributed by atoms with E-state index >= 15 is 0 Å². The summed E-state index contributed by atoms with van der Waals surface area (Å²) in [6.07, 6.45) is 3.30. The number of methoxy groups -OCH3 is 1. The van der Waals surface area contributed by atoms with Gasteiger partial charge in [-0.3, -0.25) is 9.59 Å². The number of hydrogen-bond donors (Lipinski definition) is 2. The van der Waals surface area contributed by atoms with Gasteiger partial charge in [0.15, 0.2) is 5.76 Å². The Kier molecular flexibility index (Phi) is 6.04. The number of ether oxygens (including phenoxy) is 1. The molecule has 1 aliphatic rings. The van der Waals surface area contributed by atoms with E-state index in [1.807, 2.05) is 6.92 Å². The molecule has 1 atom stereocenters. The molecule has 1 aliphatic heterocycles. The quantitative estimate of drug-likeness (QED) is 0.794. The number of anilines is 2. The second kappa shape index (κ2) is 8.48. The van der Waals surface area contributed by atoms with Gasteiger partial charge in [-0.15, -0.1) is 0 Å². The van der Waals surface area contributed by atoms with Crippen molar-refractivity contribution in [3.63, 3.8) is 0 Å². The summed E-state index contributed by atoms with van der Waals surface area (Å²) in [6.45, 7) is 6.83. The summed E-state index contributed by atoms with van der Waals surface area (Å²) in [6, 6.07) is 8.41. The minimum absolute atomic E-state index is 0.0147. The van der Waals surface area contributed by atoms with Crippen LogP contribution in [0.15, 0.2) is 41.0 Å². The van der Waals surface area contributed by atoms with Crippen LogP contribution in [-0.4, -0.2) is 43.5 Å². The number of nitrogens with zero attached hydrogens (tertiary/aromatic N) is 1. The topological polar surface area (TPSA) is 83.8 Å². The molecule has 7 heteroatoms. The van der Waals surface area contributed by atoms with Gasteiger partial charge >= 0.3 is 0 Å². The first kappa shape index (κ1) is 19.9. The molecule has 0 radical (unpaired) electrons. The lowest BCUT2D eigenvalue weighted by Gasteiger charge is -2.38. The summed E-state index contributed by atoms with van der Waals surface area (Å²) in [5.74, 6) is 0.300. The Bertz CT molecular complexity index is 834. The van der Waals surface area contributed by atoms with Crippen LogP contribution in [0.4, 0.5) is 11.4 Å². The molecule has 0 saturated carbocycles. The molecule has 0 bridgehead atoms. The van der Waals surface area contributed by atoms with Gasteiger partial charge in [0.2, 0.25) is 5.91 Å². The van der Waals surface area contributed by atoms with E-state index in [1.165, 1.54) is 13.4 Å². The van der Waals surface area contributed by atoms with Gasteiger partial charge in [0.05, 0.1) is 24.5 Å². The highest BCUT2D eigenvalue weighted by molar-refractivity contribution is 6.04. The van der Waals surface area contributed by atoms with Gasteiger partial charge in [-0.1, -0.05) is 6.92 Å². The number of carbonyl (C=O) groups is 2. The standard InChI is InChI=1S/C21H27N3O4/c1-4-24-11-6-10-21(2,14-24)20(26)22-15-8-9-17(27-3)16(13-15)23-19(25)18-7-5-12-28-18/h5,7-9,12-13H,4,6,10-11,14H2,1-3H3,(H,22,26)(H,23,25). The fourth-order valence-corrected chi connectivity index (χ4v) is 3.56. The molecule has 1 saturated heterocycles. The molecule has 3 rings (SSSR count). The minimum atomic E-state index is -0.439. The monoisotopic (exact) mass is 385 g/mol. The van der Waals surface area contributed by atoms with Crippen molar-refractivity contribution < 1.29 is 18.7 Å². The molecule has 1 aromatic carbocycles. The van der Waals surface area contributed by atoms with Crippen LogP contribution in [0.3, 0.4) is 0 Å². The van der Waals surface area contributed by atoms with Gasteiger partial charge in [0.1, 0.15) is 5.75 Å². The van der Waals surface area contributed by atoms with Gasteiger partial charge < -0.3 is 24.7 Å². The van der Waals surface area contributed by atoms with Gasteiger partial charge in [-0.05, 0) is 63.2 Å². The van der Waals surface area contributed by atoms with Crippen LogP contribution in [0.2, 0.25) is 0 Å². The lowest BCUT2D eigenvalue weighted by molar-refractivity contribution is -0.127. The Morgan fingerprint density at radius 1 is 1.29 bits per heavy atom. The van der Waals surface area contributed by atoms with Crippen molar-refractivity contribution in [3.8, 4) is 5.75 Å². The molecular formula is C21H27N3O4. The Morgan fingerprint density at radius 2 is 2.11 bits per heavy atom. The molecule has 150 valence electrons. The summed E-state index contributed by atoms with van der Waals surface area (Å²) in [4.78, 5) is 27.5. The van der Waals surface area contributed by atoms with Crippen molar-refractivity contribution in [1.82, 2.24) is 4.90 Å². The molecule has 28 heavy (non-hydrogen) atoms. The number of likely N-dealkylation sites (tertiary alicyclic amines) is 1. The van der Waals surface area contributed by atoms with Crippen molar-refractivity contribution in [3.05, 3.63) is 42.4 Å². The van der Waals surface area contributed by atoms with Crippen molar-refractivity contribution in [2.24, 2.45) is 5.41 Å². The maximum atomic E-state index is 13.0. The molecule has 0 spiro atoms. The van der Waals surface area contributed by atoms with Gasteiger partial charge in [0, 0.05) is 12.2 Å². The Balaban J connectivity index is 1.75. The first-order chi connectivity index (χ1) is 13.4. The van der Waals surface area contributed by atoms with Gasteiger partial charge in [0.25, 0.3) is 5.91 Å². The van der Waals surface area contributed by atoms with Crippen molar-refractivity contribution in [1.29, 1.82) is 0 Å². The third-order valence-electron chi connectivity index (χ3n) is 5.22.